The predicted molar refractivity (Wildman–Crippen MR) is 124 cm³/mol. The normalized spacial score (nSPS) is 19.3. The molecule has 9 heteroatoms. The van der Waals surface area contributed by atoms with Gasteiger partial charge in [0.05, 0.1) is 12.2 Å². The molecule has 2 aliphatic heterocycles. The molecule has 0 aliphatic carbocycles. The Morgan fingerprint density at radius 1 is 1.15 bits per heavy atom. The number of hydrogen-bond donors (Lipinski definition) is 0. The van der Waals surface area contributed by atoms with Crippen LogP contribution in [-0.2, 0) is 12.2 Å². The second-order valence-corrected chi connectivity index (χ2v) is 8.97. The van der Waals surface area contributed by atoms with Crippen molar-refractivity contribution in [3.63, 3.8) is 0 Å². The SMILES string of the molecule is Cc1nocc1C(=O)N1CCN2C(=O)c3cc(-c4cccnc4)cn3CC12c1ccc(Cl)cc1. The molecule has 5 heterocycles. The molecular weight excluding hydrogens is 454 g/mol. The fourth-order valence-corrected chi connectivity index (χ4v) is 5.20. The Hall–Kier alpha value is -3.91. The molecule has 3 aromatic heterocycles. The van der Waals surface area contributed by atoms with Crippen molar-refractivity contribution in [3.8, 4) is 11.1 Å². The van der Waals surface area contributed by atoms with E-state index in [-0.39, 0.29) is 11.8 Å². The van der Waals surface area contributed by atoms with E-state index in [1.54, 1.807) is 41.2 Å². The molecule has 0 N–H and O–H groups in total. The minimum Gasteiger partial charge on any atom is -0.364 e. The number of nitrogens with zero attached hydrogens (tertiary/aromatic N) is 5. The van der Waals surface area contributed by atoms with E-state index in [0.29, 0.717) is 41.6 Å². The quantitative estimate of drug-likeness (QED) is 0.449. The van der Waals surface area contributed by atoms with Crippen LogP contribution in [-0.4, -0.2) is 49.4 Å². The highest BCUT2D eigenvalue weighted by Gasteiger charge is 2.56. The lowest BCUT2D eigenvalue weighted by molar-refractivity contribution is -0.00596. The maximum Gasteiger partial charge on any atom is 0.272 e. The highest BCUT2D eigenvalue weighted by Crippen LogP contribution is 2.44. The summed E-state index contributed by atoms with van der Waals surface area (Å²) in [4.78, 5) is 35.3. The summed E-state index contributed by atoms with van der Waals surface area (Å²) >= 11 is 6.18. The van der Waals surface area contributed by atoms with E-state index in [1.165, 1.54) is 6.26 Å². The predicted octanol–water partition coefficient (Wildman–Crippen LogP) is 3.96. The first-order valence-electron chi connectivity index (χ1n) is 10.9. The van der Waals surface area contributed by atoms with Crippen molar-refractivity contribution in [1.82, 2.24) is 24.5 Å². The molecule has 2 aliphatic rings. The number of fused-ring (bicyclic) bond motifs is 2. The molecule has 4 aromatic rings. The fraction of sp³-hybridized carbons (Fsp3) is 0.200. The van der Waals surface area contributed by atoms with E-state index < -0.39 is 5.66 Å². The Labute approximate surface area is 200 Å². The van der Waals surface area contributed by atoms with Crippen LogP contribution >= 0.6 is 11.6 Å². The Morgan fingerprint density at radius 3 is 2.68 bits per heavy atom. The van der Waals surface area contributed by atoms with Crippen LogP contribution in [0.25, 0.3) is 11.1 Å². The van der Waals surface area contributed by atoms with Gasteiger partial charge in [0.1, 0.15) is 17.5 Å². The number of carbonyl (C=O) groups excluding carboxylic acids is 2. The second kappa shape index (κ2) is 7.56. The smallest absolute Gasteiger partial charge is 0.272 e. The van der Waals surface area contributed by atoms with Crippen LogP contribution in [0.15, 0.2) is 71.8 Å². The first-order chi connectivity index (χ1) is 16.5. The monoisotopic (exact) mass is 473 g/mol. The van der Waals surface area contributed by atoms with Gasteiger partial charge >= 0.3 is 0 Å². The highest BCUT2D eigenvalue weighted by molar-refractivity contribution is 6.30. The average Bonchev–Trinajstić information content (AvgIpc) is 3.57. The third-order valence-electron chi connectivity index (χ3n) is 6.72. The average molecular weight is 474 g/mol. The first-order valence-corrected chi connectivity index (χ1v) is 11.3. The summed E-state index contributed by atoms with van der Waals surface area (Å²) in [6.07, 6.45) is 6.80. The summed E-state index contributed by atoms with van der Waals surface area (Å²) in [5, 5.41) is 4.46. The van der Waals surface area contributed by atoms with Crippen LogP contribution in [0.4, 0.5) is 0 Å². The minimum absolute atomic E-state index is 0.131. The number of hydrogen-bond acceptors (Lipinski definition) is 5. The van der Waals surface area contributed by atoms with Crippen molar-refractivity contribution in [2.45, 2.75) is 19.1 Å². The minimum atomic E-state index is -1.01. The summed E-state index contributed by atoms with van der Waals surface area (Å²) in [5.41, 5.74) is 3.10. The molecule has 6 rings (SSSR count). The molecular formula is C25H20ClN5O3. The van der Waals surface area contributed by atoms with Crippen LogP contribution in [0, 0.1) is 6.92 Å². The third-order valence-corrected chi connectivity index (χ3v) is 6.97. The van der Waals surface area contributed by atoms with Crippen LogP contribution in [0.1, 0.15) is 32.1 Å². The van der Waals surface area contributed by atoms with Crippen LogP contribution in [0.5, 0.6) is 0 Å². The molecule has 2 amide bonds. The van der Waals surface area contributed by atoms with Gasteiger partial charge < -0.3 is 18.9 Å². The van der Waals surface area contributed by atoms with E-state index >= 15 is 0 Å². The van der Waals surface area contributed by atoms with Crippen molar-refractivity contribution in [2.75, 3.05) is 13.1 Å². The zero-order valence-electron chi connectivity index (χ0n) is 18.3. The molecule has 1 unspecified atom stereocenters. The maximum atomic E-state index is 13.8. The molecule has 8 nitrogen and oxygen atoms in total. The van der Waals surface area contributed by atoms with E-state index in [4.69, 9.17) is 16.1 Å². The lowest BCUT2D eigenvalue weighted by atomic mass is 9.93. The van der Waals surface area contributed by atoms with Crippen molar-refractivity contribution < 1.29 is 14.1 Å². The zero-order chi connectivity index (χ0) is 23.4. The molecule has 1 fully saturated rings. The largest absolute Gasteiger partial charge is 0.364 e. The van der Waals surface area contributed by atoms with Gasteiger partial charge in [-0.05, 0) is 31.2 Å². The van der Waals surface area contributed by atoms with Crippen LogP contribution in [0.2, 0.25) is 5.02 Å². The Balaban J connectivity index is 1.52. The Morgan fingerprint density at radius 2 is 1.97 bits per heavy atom. The summed E-state index contributed by atoms with van der Waals surface area (Å²) in [5.74, 6) is -0.360. The summed E-state index contributed by atoms with van der Waals surface area (Å²) in [6.45, 7) is 2.91. The van der Waals surface area contributed by atoms with Gasteiger partial charge in [0.25, 0.3) is 11.8 Å². The van der Waals surface area contributed by atoms with Crippen molar-refractivity contribution in [3.05, 3.63) is 94.9 Å². The number of aromatic nitrogens is 3. The van der Waals surface area contributed by atoms with Crippen molar-refractivity contribution in [1.29, 1.82) is 0 Å². The van der Waals surface area contributed by atoms with Crippen LogP contribution < -0.4 is 0 Å². The van der Waals surface area contributed by atoms with Crippen molar-refractivity contribution >= 4 is 23.4 Å². The Kier molecular flexibility index (Phi) is 4.60. The van der Waals surface area contributed by atoms with E-state index in [9.17, 15) is 9.59 Å². The number of amides is 2. The van der Waals surface area contributed by atoms with Gasteiger partial charge in [-0.15, -0.1) is 0 Å². The topological polar surface area (TPSA) is 84.5 Å². The summed E-state index contributed by atoms with van der Waals surface area (Å²) < 4.78 is 6.97. The van der Waals surface area contributed by atoms with Gasteiger partial charge in [-0.2, -0.15) is 0 Å². The fourth-order valence-electron chi connectivity index (χ4n) is 5.08. The number of benzene rings is 1. The second-order valence-electron chi connectivity index (χ2n) is 8.53. The molecule has 0 radical (unpaired) electrons. The van der Waals surface area contributed by atoms with Gasteiger partial charge in [0.15, 0.2) is 5.66 Å². The summed E-state index contributed by atoms with van der Waals surface area (Å²) in [7, 11) is 0. The first kappa shape index (κ1) is 20.7. The maximum absolute atomic E-state index is 13.8. The van der Waals surface area contributed by atoms with Gasteiger partial charge in [0.2, 0.25) is 0 Å². The Bertz CT molecular complexity index is 1410. The lowest BCUT2D eigenvalue weighted by Gasteiger charge is -2.47. The number of pyridine rings is 1. The van der Waals surface area contributed by atoms with Gasteiger partial charge in [-0.25, -0.2) is 0 Å². The molecule has 170 valence electrons. The van der Waals surface area contributed by atoms with E-state index in [0.717, 1.165) is 16.7 Å². The summed E-state index contributed by atoms with van der Waals surface area (Å²) in [6, 6.07) is 13.0. The number of halogens is 1. The zero-order valence-corrected chi connectivity index (χ0v) is 19.1. The van der Waals surface area contributed by atoms with E-state index in [1.807, 2.05) is 41.1 Å². The lowest BCUT2D eigenvalue weighted by Crippen LogP contribution is -2.60. The third kappa shape index (κ3) is 2.92. The molecule has 1 aromatic carbocycles. The number of aryl methyl sites for hydroxylation is 1. The van der Waals surface area contributed by atoms with E-state index in [2.05, 4.69) is 10.1 Å². The molecule has 1 atom stereocenters. The molecule has 0 bridgehead atoms. The number of rotatable bonds is 3. The molecule has 0 spiro atoms. The highest BCUT2D eigenvalue weighted by atomic mass is 35.5. The molecule has 1 saturated heterocycles. The van der Waals surface area contributed by atoms with Gasteiger partial charge in [-0.1, -0.05) is 35.0 Å². The van der Waals surface area contributed by atoms with Gasteiger partial charge in [0, 0.05) is 53.4 Å². The van der Waals surface area contributed by atoms with Crippen molar-refractivity contribution in [2.24, 2.45) is 0 Å². The number of carbonyl (C=O) groups is 2. The standard InChI is InChI=1S/C25H20ClN5O3/c1-16-21(14-34-28-16)23(32)30-9-10-31-24(33)22-11-18(17-3-2-8-27-12-17)13-29(22)15-25(30,31)19-4-6-20(26)7-5-19/h2-8,11-14H,9-10,15H2,1H3. The molecule has 0 saturated carbocycles. The molecule has 34 heavy (non-hydrogen) atoms. The van der Waals surface area contributed by atoms with Crippen LogP contribution in [0.3, 0.4) is 0 Å². The van der Waals surface area contributed by atoms with Gasteiger partial charge in [-0.3, -0.25) is 14.6 Å².